The number of hydrogen-bond donors (Lipinski definition) is 1. The van der Waals surface area contributed by atoms with E-state index in [0.717, 1.165) is 44.0 Å². The van der Waals surface area contributed by atoms with Gasteiger partial charge in [0.05, 0.1) is 13.7 Å². The van der Waals surface area contributed by atoms with Gasteiger partial charge < -0.3 is 14.6 Å². The molecule has 114 valence electrons. The number of aromatic nitrogens is 2. The predicted molar refractivity (Wildman–Crippen MR) is 85.7 cm³/mol. The first-order valence-electron chi connectivity index (χ1n) is 7.65. The summed E-state index contributed by atoms with van der Waals surface area (Å²) in [5.74, 6) is 2.04. The summed E-state index contributed by atoms with van der Waals surface area (Å²) < 4.78 is 7.68. The van der Waals surface area contributed by atoms with E-state index in [2.05, 4.69) is 46.9 Å². The van der Waals surface area contributed by atoms with Crippen LogP contribution in [0.1, 0.15) is 37.2 Å². The first-order chi connectivity index (χ1) is 10.3. The number of rotatable bonds is 8. The normalized spacial score (nSPS) is 10.8. The minimum absolute atomic E-state index is 0.800. The highest BCUT2D eigenvalue weighted by atomic mass is 16.5. The maximum absolute atomic E-state index is 5.49. The van der Waals surface area contributed by atoms with Crippen LogP contribution in [0, 0.1) is 0 Å². The average Bonchev–Trinajstić information content (AvgIpc) is 2.95. The number of imidazole rings is 1. The van der Waals surface area contributed by atoms with E-state index in [9.17, 15) is 0 Å². The van der Waals surface area contributed by atoms with E-state index in [1.807, 2.05) is 12.4 Å². The second-order valence-corrected chi connectivity index (χ2v) is 5.15. The molecule has 0 aliphatic heterocycles. The van der Waals surface area contributed by atoms with Crippen LogP contribution in [-0.4, -0.2) is 23.2 Å². The topological polar surface area (TPSA) is 39.1 Å². The van der Waals surface area contributed by atoms with E-state index < -0.39 is 0 Å². The van der Waals surface area contributed by atoms with Crippen molar-refractivity contribution < 1.29 is 4.74 Å². The van der Waals surface area contributed by atoms with Crippen molar-refractivity contribution in [2.75, 3.05) is 13.7 Å². The zero-order chi connectivity index (χ0) is 15.1. The van der Waals surface area contributed by atoms with Gasteiger partial charge in [0.2, 0.25) is 0 Å². The minimum atomic E-state index is 0.800. The fourth-order valence-corrected chi connectivity index (χ4v) is 2.46. The van der Waals surface area contributed by atoms with Crippen molar-refractivity contribution in [3.8, 4) is 5.75 Å². The van der Waals surface area contributed by atoms with Crippen molar-refractivity contribution in [2.24, 2.45) is 0 Å². The Labute approximate surface area is 127 Å². The van der Waals surface area contributed by atoms with Crippen LogP contribution in [0.3, 0.4) is 0 Å². The Morgan fingerprint density at radius 3 is 2.86 bits per heavy atom. The van der Waals surface area contributed by atoms with Gasteiger partial charge in [-0.1, -0.05) is 19.9 Å². The summed E-state index contributed by atoms with van der Waals surface area (Å²) >= 11 is 0. The van der Waals surface area contributed by atoms with Crippen LogP contribution in [0.2, 0.25) is 0 Å². The fourth-order valence-electron chi connectivity index (χ4n) is 2.46. The van der Waals surface area contributed by atoms with E-state index in [1.165, 1.54) is 11.1 Å². The minimum Gasteiger partial charge on any atom is -0.496 e. The van der Waals surface area contributed by atoms with Crippen LogP contribution < -0.4 is 10.1 Å². The molecule has 0 saturated heterocycles. The monoisotopic (exact) mass is 287 g/mol. The first kappa shape index (κ1) is 15.6. The second-order valence-electron chi connectivity index (χ2n) is 5.15. The van der Waals surface area contributed by atoms with Crippen molar-refractivity contribution in [3.63, 3.8) is 0 Å². The smallest absolute Gasteiger partial charge is 0.123 e. The quantitative estimate of drug-likeness (QED) is 0.759. The van der Waals surface area contributed by atoms with Crippen molar-refractivity contribution >= 4 is 0 Å². The molecule has 0 aliphatic carbocycles. The van der Waals surface area contributed by atoms with Crippen LogP contribution in [0.25, 0.3) is 0 Å². The number of methoxy groups -OCH3 is 1. The van der Waals surface area contributed by atoms with Crippen LogP contribution in [0.4, 0.5) is 0 Å². The highest BCUT2D eigenvalue weighted by Crippen LogP contribution is 2.21. The SMILES string of the molecule is CCCNCc1ccc(OC)c(Cn2ccnc2CC)c1. The summed E-state index contributed by atoms with van der Waals surface area (Å²) in [5.41, 5.74) is 2.48. The lowest BCUT2D eigenvalue weighted by atomic mass is 10.1. The van der Waals surface area contributed by atoms with Gasteiger partial charge in [0, 0.05) is 30.9 Å². The Balaban J connectivity index is 2.17. The molecule has 4 nitrogen and oxygen atoms in total. The predicted octanol–water partition coefficient (Wildman–Crippen LogP) is 3.00. The molecule has 4 heteroatoms. The van der Waals surface area contributed by atoms with Gasteiger partial charge in [-0.25, -0.2) is 4.98 Å². The van der Waals surface area contributed by atoms with Crippen molar-refractivity contribution in [1.29, 1.82) is 0 Å². The highest BCUT2D eigenvalue weighted by Gasteiger charge is 2.08. The number of ether oxygens (including phenoxy) is 1. The molecule has 1 N–H and O–H groups in total. The molecule has 2 rings (SSSR count). The molecule has 0 radical (unpaired) electrons. The number of hydrogen-bond acceptors (Lipinski definition) is 3. The van der Waals surface area contributed by atoms with Crippen LogP contribution >= 0.6 is 0 Å². The second kappa shape index (κ2) is 7.84. The molecule has 0 spiro atoms. The molecule has 1 heterocycles. The Morgan fingerprint density at radius 2 is 2.14 bits per heavy atom. The third-order valence-corrected chi connectivity index (χ3v) is 3.56. The van der Waals surface area contributed by atoms with Crippen LogP contribution in [-0.2, 0) is 19.5 Å². The van der Waals surface area contributed by atoms with Gasteiger partial charge in [-0.3, -0.25) is 0 Å². The van der Waals surface area contributed by atoms with Crippen molar-refractivity contribution in [3.05, 3.63) is 47.5 Å². The lowest BCUT2D eigenvalue weighted by Crippen LogP contribution is -2.14. The molecule has 0 unspecified atom stereocenters. The molecule has 0 saturated carbocycles. The number of aryl methyl sites for hydroxylation is 1. The summed E-state index contributed by atoms with van der Waals surface area (Å²) in [6, 6.07) is 6.40. The van der Waals surface area contributed by atoms with Crippen LogP contribution in [0.15, 0.2) is 30.6 Å². The highest BCUT2D eigenvalue weighted by molar-refractivity contribution is 5.37. The summed E-state index contributed by atoms with van der Waals surface area (Å²) in [6.07, 6.45) is 5.98. The third kappa shape index (κ3) is 4.08. The molecule has 0 amide bonds. The zero-order valence-corrected chi connectivity index (χ0v) is 13.2. The third-order valence-electron chi connectivity index (χ3n) is 3.56. The van der Waals surface area contributed by atoms with E-state index in [-0.39, 0.29) is 0 Å². The van der Waals surface area contributed by atoms with Gasteiger partial charge in [-0.05, 0) is 30.7 Å². The van der Waals surface area contributed by atoms with Gasteiger partial charge >= 0.3 is 0 Å². The number of nitrogens with zero attached hydrogens (tertiary/aromatic N) is 2. The molecule has 0 bridgehead atoms. The Morgan fingerprint density at radius 1 is 1.29 bits per heavy atom. The van der Waals surface area contributed by atoms with Gasteiger partial charge in [-0.2, -0.15) is 0 Å². The molecular formula is C17H25N3O. The van der Waals surface area contributed by atoms with Gasteiger partial charge in [-0.15, -0.1) is 0 Å². The van der Waals surface area contributed by atoms with Crippen molar-refractivity contribution in [2.45, 2.75) is 39.8 Å². The maximum atomic E-state index is 5.49. The summed E-state index contributed by atoms with van der Waals surface area (Å²) in [6.45, 7) is 7.05. The van der Waals surface area contributed by atoms with Gasteiger partial charge in [0.15, 0.2) is 0 Å². The van der Waals surface area contributed by atoms with E-state index in [1.54, 1.807) is 7.11 Å². The molecule has 0 atom stereocenters. The van der Waals surface area contributed by atoms with Crippen molar-refractivity contribution in [1.82, 2.24) is 14.9 Å². The molecular weight excluding hydrogens is 262 g/mol. The Hall–Kier alpha value is -1.81. The molecule has 1 aromatic heterocycles. The standard InChI is InChI=1S/C17H25N3O/c1-4-8-18-12-14-6-7-16(21-3)15(11-14)13-20-10-9-19-17(20)5-2/h6-7,9-11,18H,4-5,8,12-13H2,1-3H3. The maximum Gasteiger partial charge on any atom is 0.123 e. The zero-order valence-electron chi connectivity index (χ0n) is 13.2. The summed E-state index contributed by atoms with van der Waals surface area (Å²) in [4.78, 5) is 4.38. The number of benzene rings is 1. The van der Waals surface area contributed by atoms with E-state index in [4.69, 9.17) is 4.74 Å². The van der Waals surface area contributed by atoms with Crippen LogP contribution in [0.5, 0.6) is 5.75 Å². The Bertz CT molecular complexity index is 563. The fraction of sp³-hybridized carbons (Fsp3) is 0.471. The Kier molecular flexibility index (Phi) is 5.81. The summed E-state index contributed by atoms with van der Waals surface area (Å²) in [7, 11) is 1.72. The van der Waals surface area contributed by atoms with Gasteiger partial charge in [0.1, 0.15) is 11.6 Å². The number of nitrogens with one attached hydrogen (secondary N) is 1. The summed E-state index contributed by atoms with van der Waals surface area (Å²) in [5, 5.41) is 3.44. The average molecular weight is 287 g/mol. The molecule has 21 heavy (non-hydrogen) atoms. The lowest BCUT2D eigenvalue weighted by Gasteiger charge is -2.13. The van der Waals surface area contributed by atoms with Gasteiger partial charge in [0.25, 0.3) is 0 Å². The first-order valence-corrected chi connectivity index (χ1v) is 7.65. The largest absolute Gasteiger partial charge is 0.496 e. The van der Waals surface area contributed by atoms with E-state index >= 15 is 0 Å². The molecule has 0 fully saturated rings. The molecule has 0 aliphatic rings. The lowest BCUT2D eigenvalue weighted by molar-refractivity contribution is 0.408. The molecule has 2 aromatic rings. The molecule has 1 aromatic carbocycles. The van der Waals surface area contributed by atoms with E-state index in [0.29, 0.717) is 0 Å².